The highest BCUT2D eigenvalue weighted by Crippen LogP contribution is 2.18. The quantitative estimate of drug-likeness (QED) is 0.341. The number of halogens is 2. The molecular weight excluding hydrogens is 428 g/mol. The molecule has 5 N–H and O–H groups in total. The fraction of sp³-hybridized carbons (Fsp3) is 0.100. The van der Waals surface area contributed by atoms with E-state index in [1.807, 2.05) is 19.1 Å². The van der Waals surface area contributed by atoms with Gasteiger partial charge in [0.1, 0.15) is 5.69 Å². The lowest BCUT2D eigenvalue weighted by molar-refractivity contribution is -0.113. The van der Waals surface area contributed by atoms with Crippen molar-refractivity contribution in [2.45, 2.75) is 12.1 Å². The summed E-state index contributed by atoms with van der Waals surface area (Å²) in [6.45, 7) is 1.93. The molecule has 0 saturated carbocycles. The molecule has 0 aliphatic carbocycles. The molecular formula is C20H17F2N5O3S. The Labute approximate surface area is 179 Å². The van der Waals surface area contributed by atoms with Gasteiger partial charge in [0.15, 0.2) is 22.6 Å². The van der Waals surface area contributed by atoms with Crippen molar-refractivity contribution >= 4 is 40.8 Å². The maximum Gasteiger partial charge on any atom is 0.277 e. The van der Waals surface area contributed by atoms with Gasteiger partial charge in [-0.05, 0) is 37.3 Å². The van der Waals surface area contributed by atoms with E-state index < -0.39 is 23.1 Å². The number of nitrogen functional groups attached to an aromatic ring is 1. The standard InChI is InChI=1S/C20H17F2N5O3S/c1-10-2-5-12(6-3-10)24-15(28)9-31-20-26-17(23)16(19(30)27-20)25-18(29)11-4-7-13(21)14(22)8-11/h2-8H,9H2,1H3,(H,24,28)(H,25,29)(H3,23,26,27,30). The van der Waals surface area contributed by atoms with Gasteiger partial charge in [-0.1, -0.05) is 29.5 Å². The van der Waals surface area contributed by atoms with Crippen molar-refractivity contribution in [1.82, 2.24) is 9.97 Å². The number of amides is 2. The van der Waals surface area contributed by atoms with E-state index in [0.717, 1.165) is 29.5 Å². The van der Waals surface area contributed by atoms with E-state index in [9.17, 15) is 23.2 Å². The van der Waals surface area contributed by atoms with Gasteiger partial charge in [-0.25, -0.2) is 13.8 Å². The Bertz CT molecular complexity index is 1200. The summed E-state index contributed by atoms with van der Waals surface area (Å²) in [5.41, 5.74) is 6.13. The van der Waals surface area contributed by atoms with Crippen molar-refractivity contribution in [2.75, 3.05) is 22.1 Å². The zero-order chi connectivity index (χ0) is 22.5. The van der Waals surface area contributed by atoms with Crippen LogP contribution in [0.25, 0.3) is 0 Å². The van der Waals surface area contributed by atoms with Gasteiger partial charge < -0.3 is 16.4 Å². The predicted molar refractivity (Wildman–Crippen MR) is 114 cm³/mol. The number of nitrogens with zero attached hydrogens (tertiary/aromatic N) is 1. The number of hydrogen-bond donors (Lipinski definition) is 4. The van der Waals surface area contributed by atoms with Crippen molar-refractivity contribution in [3.63, 3.8) is 0 Å². The van der Waals surface area contributed by atoms with Crippen LogP contribution in [-0.2, 0) is 4.79 Å². The Morgan fingerprint density at radius 2 is 1.81 bits per heavy atom. The van der Waals surface area contributed by atoms with Crippen molar-refractivity contribution in [3.05, 3.63) is 75.6 Å². The maximum absolute atomic E-state index is 13.3. The third-order valence-electron chi connectivity index (χ3n) is 4.02. The fourth-order valence-corrected chi connectivity index (χ4v) is 3.12. The Morgan fingerprint density at radius 3 is 2.45 bits per heavy atom. The Hall–Kier alpha value is -3.73. The number of carbonyl (C=O) groups is 2. The minimum Gasteiger partial charge on any atom is -0.382 e. The summed E-state index contributed by atoms with van der Waals surface area (Å²) in [5, 5.41) is 5.01. The second kappa shape index (κ2) is 9.39. The molecule has 0 radical (unpaired) electrons. The van der Waals surface area contributed by atoms with Gasteiger partial charge in [-0.2, -0.15) is 0 Å². The molecule has 0 bridgehead atoms. The number of carbonyl (C=O) groups excluding carboxylic acids is 2. The van der Waals surface area contributed by atoms with Crippen molar-refractivity contribution < 1.29 is 18.4 Å². The first-order valence-corrected chi connectivity index (χ1v) is 9.87. The Balaban J connectivity index is 1.65. The Kier molecular flexibility index (Phi) is 6.65. The van der Waals surface area contributed by atoms with Crippen molar-refractivity contribution in [1.29, 1.82) is 0 Å². The first-order valence-electron chi connectivity index (χ1n) is 8.88. The van der Waals surface area contributed by atoms with Crippen LogP contribution in [0.15, 0.2) is 52.4 Å². The molecule has 1 heterocycles. The van der Waals surface area contributed by atoms with E-state index in [1.54, 1.807) is 12.1 Å². The molecule has 0 fully saturated rings. The SMILES string of the molecule is Cc1ccc(NC(=O)CSc2nc(N)c(NC(=O)c3ccc(F)c(F)c3)c(=O)[nH]2)cc1. The van der Waals surface area contributed by atoms with E-state index in [4.69, 9.17) is 5.73 Å². The highest BCUT2D eigenvalue weighted by Gasteiger charge is 2.16. The molecule has 11 heteroatoms. The number of H-pyrrole nitrogens is 1. The minimum atomic E-state index is -1.21. The second-order valence-corrected chi connectivity index (χ2v) is 7.38. The summed E-state index contributed by atoms with van der Waals surface area (Å²) < 4.78 is 26.3. The minimum absolute atomic E-state index is 0.0448. The van der Waals surface area contributed by atoms with E-state index in [-0.39, 0.29) is 33.9 Å². The number of benzene rings is 2. The second-order valence-electron chi connectivity index (χ2n) is 6.42. The topological polar surface area (TPSA) is 130 Å². The van der Waals surface area contributed by atoms with Gasteiger partial charge >= 0.3 is 0 Å². The molecule has 0 spiro atoms. The summed E-state index contributed by atoms with van der Waals surface area (Å²) in [6, 6.07) is 9.78. The number of hydrogen-bond acceptors (Lipinski definition) is 6. The molecule has 0 aliphatic heterocycles. The molecule has 2 aromatic carbocycles. The summed E-state index contributed by atoms with van der Waals surface area (Å²) >= 11 is 0.944. The first kappa shape index (κ1) is 22.0. The third kappa shape index (κ3) is 5.66. The Morgan fingerprint density at radius 1 is 1.10 bits per heavy atom. The normalized spacial score (nSPS) is 10.5. The number of nitrogens with two attached hydrogens (primary N) is 1. The van der Waals surface area contributed by atoms with Gasteiger partial charge in [0.25, 0.3) is 11.5 Å². The van der Waals surface area contributed by atoms with Gasteiger partial charge in [0, 0.05) is 11.3 Å². The average molecular weight is 445 g/mol. The number of rotatable bonds is 6. The zero-order valence-electron chi connectivity index (χ0n) is 16.2. The lowest BCUT2D eigenvalue weighted by Gasteiger charge is -2.09. The number of aryl methyl sites for hydroxylation is 1. The van der Waals surface area contributed by atoms with Crippen LogP contribution in [0, 0.1) is 18.6 Å². The molecule has 2 amide bonds. The molecule has 160 valence electrons. The third-order valence-corrected chi connectivity index (χ3v) is 4.89. The van der Waals surface area contributed by atoms with Gasteiger partial charge in [-0.3, -0.25) is 19.4 Å². The van der Waals surface area contributed by atoms with E-state index in [1.165, 1.54) is 0 Å². The molecule has 8 nitrogen and oxygen atoms in total. The number of aromatic nitrogens is 2. The predicted octanol–water partition coefficient (Wildman–Crippen LogP) is 2.92. The molecule has 0 aliphatic rings. The fourth-order valence-electron chi connectivity index (χ4n) is 2.45. The molecule has 0 unspecified atom stereocenters. The number of aromatic amines is 1. The largest absolute Gasteiger partial charge is 0.382 e. The monoisotopic (exact) mass is 445 g/mol. The van der Waals surface area contributed by atoms with Gasteiger partial charge in [-0.15, -0.1) is 0 Å². The molecule has 0 atom stereocenters. The molecule has 3 aromatic rings. The van der Waals surface area contributed by atoms with E-state index in [2.05, 4.69) is 20.6 Å². The van der Waals surface area contributed by atoms with Crippen LogP contribution in [-0.4, -0.2) is 27.5 Å². The van der Waals surface area contributed by atoms with Crippen LogP contribution in [0.5, 0.6) is 0 Å². The van der Waals surface area contributed by atoms with Gasteiger partial charge in [0.2, 0.25) is 5.91 Å². The molecule has 31 heavy (non-hydrogen) atoms. The van der Waals surface area contributed by atoms with E-state index in [0.29, 0.717) is 11.8 Å². The summed E-state index contributed by atoms with van der Waals surface area (Å²) in [4.78, 5) is 42.9. The molecule has 0 saturated heterocycles. The van der Waals surface area contributed by atoms with Crippen LogP contribution in [0.3, 0.4) is 0 Å². The lowest BCUT2D eigenvalue weighted by atomic mass is 10.2. The zero-order valence-corrected chi connectivity index (χ0v) is 17.0. The molecule has 1 aromatic heterocycles. The number of thioether (sulfide) groups is 1. The van der Waals surface area contributed by atoms with Crippen molar-refractivity contribution in [2.24, 2.45) is 0 Å². The van der Waals surface area contributed by atoms with Crippen LogP contribution in [0.2, 0.25) is 0 Å². The lowest BCUT2D eigenvalue weighted by Crippen LogP contribution is -2.23. The maximum atomic E-state index is 13.3. The van der Waals surface area contributed by atoms with Crippen molar-refractivity contribution in [3.8, 4) is 0 Å². The van der Waals surface area contributed by atoms with Crippen LogP contribution in [0.1, 0.15) is 15.9 Å². The highest BCUT2D eigenvalue weighted by atomic mass is 32.2. The summed E-state index contributed by atoms with van der Waals surface area (Å²) in [5.74, 6) is -3.83. The summed E-state index contributed by atoms with van der Waals surface area (Å²) in [7, 11) is 0. The van der Waals surface area contributed by atoms with E-state index >= 15 is 0 Å². The average Bonchev–Trinajstić information content (AvgIpc) is 2.72. The number of anilines is 3. The van der Waals surface area contributed by atoms with Crippen LogP contribution >= 0.6 is 11.8 Å². The highest BCUT2D eigenvalue weighted by molar-refractivity contribution is 7.99. The van der Waals surface area contributed by atoms with Crippen LogP contribution in [0.4, 0.5) is 26.0 Å². The smallest absolute Gasteiger partial charge is 0.277 e. The molecule has 3 rings (SSSR count). The van der Waals surface area contributed by atoms with Gasteiger partial charge in [0.05, 0.1) is 5.75 Å². The number of nitrogens with one attached hydrogen (secondary N) is 3. The first-order chi connectivity index (χ1) is 14.7. The van der Waals surface area contributed by atoms with Crippen LogP contribution < -0.4 is 21.9 Å². The summed E-state index contributed by atoms with van der Waals surface area (Å²) in [6.07, 6.45) is 0.